The van der Waals surface area contributed by atoms with Gasteiger partial charge in [0.25, 0.3) is 0 Å². The van der Waals surface area contributed by atoms with Crippen LogP contribution in [0, 0.1) is 23.2 Å². The normalized spacial score (nSPS) is 36.9. The van der Waals surface area contributed by atoms with Gasteiger partial charge < -0.3 is 9.47 Å². The summed E-state index contributed by atoms with van der Waals surface area (Å²) in [5.41, 5.74) is 0.521. The molecular weight excluding hydrogens is 212 g/mol. The Kier molecular flexibility index (Phi) is 4.14. The van der Waals surface area contributed by atoms with E-state index >= 15 is 0 Å². The third kappa shape index (κ3) is 2.68. The maximum Gasteiger partial charge on any atom is 0.159 e. The molecule has 0 spiro atoms. The highest BCUT2D eigenvalue weighted by atomic mass is 16.7. The Balaban J connectivity index is 2.04. The van der Waals surface area contributed by atoms with E-state index in [4.69, 9.17) is 9.47 Å². The highest BCUT2D eigenvalue weighted by Gasteiger charge is 2.43. The summed E-state index contributed by atoms with van der Waals surface area (Å²) in [5.74, 6) is 2.44. The highest BCUT2D eigenvalue weighted by Crippen LogP contribution is 2.52. The second-order valence-electron chi connectivity index (χ2n) is 6.66. The minimum absolute atomic E-state index is 0.00803. The molecule has 17 heavy (non-hydrogen) atoms. The average molecular weight is 240 g/mol. The lowest BCUT2D eigenvalue weighted by molar-refractivity contribution is -0.158. The average Bonchev–Trinajstić information content (AvgIpc) is 2.31. The Morgan fingerprint density at radius 1 is 1.06 bits per heavy atom. The van der Waals surface area contributed by atoms with Crippen LogP contribution < -0.4 is 0 Å². The van der Waals surface area contributed by atoms with Crippen LogP contribution in [0.3, 0.4) is 0 Å². The molecule has 0 amide bonds. The minimum Gasteiger partial charge on any atom is -0.356 e. The summed E-state index contributed by atoms with van der Waals surface area (Å²) >= 11 is 0. The lowest BCUT2D eigenvalue weighted by atomic mass is 9.57. The Hall–Kier alpha value is -0.0800. The van der Waals surface area contributed by atoms with Gasteiger partial charge in [-0.25, -0.2) is 0 Å². The Labute approximate surface area is 106 Å². The molecule has 3 unspecified atom stereocenters. The van der Waals surface area contributed by atoms with Crippen molar-refractivity contribution in [2.75, 3.05) is 14.2 Å². The lowest BCUT2D eigenvalue weighted by Gasteiger charge is -2.49. The third-order valence-corrected chi connectivity index (χ3v) is 5.28. The molecule has 2 saturated carbocycles. The topological polar surface area (TPSA) is 18.5 Å². The van der Waals surface area contributed by atoms with Crippen molar-refractivity contribution in [2.45, 2.75) is 58.7 Å². The Morgan fingerprint density at radius 3 is 2.41 bits per heavy atom. The van der Waals surface area contributed by atoms with E-state index in [1.807, 2.05) is 0 Å². The van der Waals surface area contributed by atoms with Crippen molar-refractivity contribution in [1.29, 1.82) is 0 Å². The number of ether oxygens (including phenoxy) is 2. The molecule has 2 rings (SSSR count). The van der Waals surface area contributed by atoms with Gasteiger partial charge in [-0.1, -0.05) is 26.7 Å². The van der Waals surface area contributed by atoms with Crippen LogP contribution in [0.5, 0.6) is 0 Å². The van der Waals surface area contributed by atoms with E-state index in [0.717, 1.165) is 11.8 Å². The van der Waals surface area contributed by atoms with Crippen LogP contribution in [0.4, 0.5) is 0 Å². The molecule has 0 aliphatic heterocycles. The van der Waals surface area contributed by atoms with Gasteiger partial charge in [0.15, 0.2) is 6.29 Å². The van der Waals surface area contributed by atoms with Gasteiger partial charge in [-0.15, -0.1) is 0 Å². The summed E-state index contributed by atoms with van der Waals surface area (Å²) in [6.45, 7) is 4.92. The largest absolute Gasteiger partial charge is 0.356 e. The first-order valence-electron chi connectivity index (χ1n) is 7.14. The van der Waals surface area contributed by atoms with Crippen LogP contribution in [0.15, 0.2) is 0 Å². The molecular formula is C15H28O2. The molecule has 2 fully saturated rings. The van der Waals surface area contributed by atoms with Crippen LogP contribution in [-0.2, 0) is 9.47 Å². The molecule has 0 bridgehead atoms. The van der Waals surface area contributed by atoms with Crippen molar-refractivity contribution in [3.8, 4) is 0 Å². The molecule has 2 aliphatic carbocycles. The lowest BCUT2D eigenvalue weighted by Crippen LogP contribution is -2.42. The quantitative estimate of drug-likeness (QED) is 0.698. The number of rotatable bonds is 3. The number of hydrogen-bond donors (Lipinski definition) is 0. The monoisotopic (exact) mass is 240 g/mol. The second-order valence-corrected chi connectivity index (χ2v) is 6.66. The molecule has 2 heteroatoms. The fourth-order valence-corrected chi connectivity index (χ4v) is 4.30. The fraction of sp³-hybridized carbons (Fsp3) is 1.00. The van der Waals surface area contributed by atoms with E-state index in [2.05, 4.69) is 13.8 Å². The van der Waals surface area contributed by atoms with Crippen LogP contribution in [0.25, 0.3) is 0 Å². The van der Waals surface area contributed by atoms with Gasteiger partial charge in [0.05, 0.1) is 0 Å². The van der Waals surface area contributed by atoms with E-state index in [1.54, 1.807) is 14.2 Å². The first kappa shape index (κ1) is 13.4. The summed E-state index contributed by atoms with van der Waals surface area (Å²) in [6, 6.07) is 0. The van der Waals surface area contributed by atoms with Crippen molar-refractivity contribution in [3.05, 3.63) is 0 Å². The number of hydrogen-bond acceptors (Lipinski definition) is 2. The fourth-order valence-electron chi connectivity index (χ4n) is 4.30. The molecule has 2 aliphatic rings. The van der Waals surface area contributed by atoms with Gasteiger partial charge in [0.2, 0.25) is 0 Å². The van der Waals surface area contributed by atoms with Crippen LogP contribution in [0.1, 0.15) is 52.4 Å². The molecule has 0 saturated heterocycles. The van der Waals surface area contributed by atoms with E-state index in [0.29, 0.717) is 11.3 Å². The van der Waals surface area contributed by atoms with Crippen molar-refractivity contribution in [2.24, 2.45) is 23.2 Å². The van der Waals surface area contributed by atoms with E-state index in [1.165, 1.54) is 38.5 Å². The summed E-state index contributed by atoms with van der Waals surface area (Å²) in [7, 11) is 3.54. The Bertz CT molecular complexity index is 245. The molecule has 0 radical (unpaired) electrons. The van der Waals surface area contributed by atoms with Crippen molar-refractivity contribution in [1.82, 2.24) is 0 Å². The first-order valence-corrected chi connectivity index (χ1v) is 7.14. The summed E-state index contributed by atoms with van der Waals surface area (Å²) in [6.07, 6.45) is 8.23. The smallest absolute Gasteiger partial charge is 0.159 e. The standard InChI is InChI=1S/C15H28O2/c1-15(2)9-5-6-11-7-8-12(10-13(11)15)14(16-3)17-4/h11-14H,5-10H2,1-4H3. The molecule has 0 N–H and O–H groups in total. The molecule has 2 nitrogen and oxygen atoms in total. The molecule has 100 valence electrons. The molecule has 0 aromatic rings. The molecule has 0 aromatic carbocycles. The van der Waals surface area contributed by atoms with E-state index in [-0.39, 0.29) is 6.29 Å². The molecule has 3 atom stereocenters. The van der Waals surface area contributed by atoms with Gasteiger partial charge >= 0.3 is 0 Å². The van der Waals surface area contributed by atoms with Crippen LogP contribution in [0.2, 0.25) is 0 Å². The van der Waals surface area contributed by atoms with Gasteiger partial charge in [-0.05, 0) is 42.9 Å². The van der Waals surface area contributed by atoms with Crippen LogP contribution in [-0.4, -0.2) is 20.5 Å². The van der Waals surface area contributed by atoms with Gasteiger partial charge in [-0.3, -0.25) is 0 Å². The van der Waals surface area contributed by atoms with Gasteiger partial charge in [0.1, 0.15) is 0 Å². The van der Waals surface area contributed by atoms with Crippen molar-refractivity contribution >= 4 is 0 Å². The predicted octanol–water partition coefficient (Wildman–Crippen LogP) is 3.85. The summed E-state index contributed by atoms with van der Waals surface area (Å²) < 4.78 is 10.9. The zero-order valence-corrected chi connectivity index (χ0v) is 11.9. The van der Waals surface area contributed by atoms with Crippen LogP contribution >= 0.6 is 0 Å². The van der Waals surface area contributed by atoms with Crippen molar-refractivity contribution in [3.63, 3.8) is 0 Å². The van der Waals surface area contributed by atoms with E-state index < -0.39 is 0 Å². The van der Waals surface area contributed by atoms with E-state index in [9.17, 15) is 0 Å². The zero-order chi connectivity index (χ0) is 12.5. The maximum atomic E-state index is 5.46. The van der Waals surface area contributed by atoms with Gasteiger partial charge in [-0.2, -0.15) is 0 Å². The second kappa shape index (κ2) is 5.27. The Morgan fingerprint density at radius 2 is 1.76 bits per heavy atom. The minimum atomic E-state index is 0.00803. The zero-order valence-electron chi connectivity index (χ0n) is 11.9. The first-order chi connectivity index (χ1) is 8.08. The molecule has 0 aromatic heterocycles. The maximum absolute atomic E-state index is 5.46. The SMILES string of the molecule is COC(OC)C1CCC2CCCC(C)(C)C2C1. The van der Waals surface area contributed by atoms with Crippen molar-refractivity contribution < 1.29 is 9.47 Å². The van der Waals surface area contributed by atoms with Gasteiger partial charge in [0, 0.05) is 20.1 Å². The summed E-state index contributed by atoms with van der Waals surface area (Å²) in [5, 5.41) is 0. The predicted molar refractivity (Wildman–Crippen MR) is 69.8 cm³/mol. The number of methoxy groups -OCH3 is 2. The third-order valence-electron chi connectivity index (χ3n) is 5.28. The summed E-state index contributed by atoms with van der Waals surface area (Å²) in [4.78, 5) is 0. The highest BCUT2D eigenvalue weighted by molar-refractivity contribution is 4.93. The number of fused-ring (bicyclic) bond motifs is 1. The molecule has 0 heterocycles.